The zero-order valence-corrected chi connectivity index (χ0v) is 26.5. The lowest BCUT2D eigenvalue weighted by Gasteiger charge is -2.27. The molecule has 4 aromatic rings. The van der Waals surface area contributed by atoms with Crippen LogP contribution >= 0.6 is 11.8 Å². The van der Waals surface area contributed by atoms with Gasteiger partial charge in [0.05, 0.1) is 17.1 Å². The molecule has 0 unspecified atom stereocenters. The largest absolute Gasteiger partial charge is 0.343 e. The summed E-state index contributed by atoms with van der Waals surface area (Å²) >= 11 is 1.51. The minimum atomic E-state index is -4.19. The van der Waals surface area contributed by atoms with E-state index in [4.69, 9.17) is 5.73 Å². The van der Waals surface area contributed by atoms with Crippen LogP contribution < -0.4 is 20.7 Å². The van der Waals surface area contributed by atoms with E-state index in [1.54, 1.807) is 79.4 Å². The number of fused-ring (bicyclic) bond motifs is 1. The number of rotatable bonds is 9. The van der Waals surface area contributed by atoms with Crippen molar-refractivity contribution in [3.05, 3.63) is 114 Å². The lowest BCUT2D eigenvalue weighted by molar-refractivity contribution is -0.127. The molecule has 9 nitrogen and oxygen atoms in total. The van der Waals surface area contributed by atoms with Crippen LogP contribution in [0.25, 0.3) is 11.1 Å². The summed E-state index contributed by atoms with van der Waals surface area (Å²) in [5, 5.41) is 2.87. The average Bonchev–Trinajstić information content (AvgIpc) is 3.13. The van der Waals surface area contributed by atoms with Crippen molar-refractivity contribution in [3.8, 4) is 11.1 Å². The van der Waals surface area contributed by atoms with Crippen molar-refractivity contribution in [1.29, 1.82) is 0 Å². The molecule has 232 valence electrons. The summed E-state index contributed by atoms with van der Waals surface area (Å²) in [5.74, 6) is -0.855. The Morgan fingerprint density at radius 3 is 2.27 bits per heavy atom. The van der Waals surface area contributed by atoms with E-state index >= 15 is 0 Å². The fourth-order valence-corrected chi connectivity index (χ4v) is 7.29. The molecule has 0 bridgehead atoms. The summed E-state index contributed by atoms with van der Waals surface area (Å²) in [5.41, 5.74) is 8.15. The van der Waals surface area contributed by atoms with Crippen LogP contribution in [0.1, 0.15) is 36.2 Å². The molecule has 4 N–H and O–H groups in total. The Hall–Kier alpha value is -4.45. The predicted octanol–water partition coefficient (Wildman–Crippen LogP) is 4.72. The van der Waals surface area contributed by atoms with E-state index in [-0.39, 0.29) is 35.2 Å². The van der Waals surface area contributed by atoms with Gasteiger partial charge in [-0.25, -0.2) is 13.1 Å². The Bertz CT molecular complexity index is 1820. The van der Waals surface area contributed by atoms with Gasteiger partial charge in [0.2, 0.25) is 5.91 Å². The number of anilines is 1. The number of benzene rings is 4. The summed E-state index contributed by atoms with van der Waals surface area (Å²) in [6, 6.07) is 28.7. The quantitative estimate of drug-likeness (QED) is 0.240. The van der Waals surface area contributed by atoms with Crippen LogP contribution in [-0.4, -0.2) is 43.5 Å². The number of hydrogen-bond acceptors (Lipinski definition) is 7. The smallest absolute Gasteiger partial charge is 0.264 e. The summed E-state index contributed by atoms with van der Waals surface area (Å²) in [7, 11) is -4.19. The van der Waals surface area contributed by atoms with E-state index in [9.17, 15) is 22.8 Å². The molecule has 0 saturated heterocycles. The zero-order valence-electron chi connectivity index (χ0n) is 24.9. The molecular weight excluding hydrogens is 609 g/mol. The van der Waals surface area contributed by atoms with Crippen LogP contribution in [0.15, 0.2) is 113 Å². The normalized spacial score (nSPS) is 15.1. The molecule has 1 heterocycles. The lowest BCUT2D eigenvalue weighted by Crippen LogP contribution is -2.51. The molecule has 0 radical (unpaired) electrons. The van der Waals surface area contributed by atoms with Gasteiger partial charge in [-0.1, -0.05) is 72.8 Å². The highest BCUT2D eigenvalue weighted by Gasteiger charge is 2.32. The molecule has 5 rings (SSSR count). The minimum Gasteiger partial charge on any atom is -0.343 e. The molecule has 1 aliphatic heterocycles. The van der Waals surface area contributed by atoms with Crippen LogP contribution in [0.2, 0.25) is 0 Å². The first kappa shape index (κ1) is 32.0. The average molecular weight is 643 g/mol. The number of carbonyl (C=O) groups excluding carboxylic acids is 3. The predicted molar refractivity (Wildman–Crippen MR) is 176 cm³/mol. The second kappa shape index (κ2) is 13.3. The fourth-order valence-electron chi connectivity index (χ4n) is 5.02. The maximum Gasteiger partial charge on any atom is 0.264 e. The van der Waals surface area contributed by atoms with Gasteiger partial charge in [0, 0.05) is 33.7 Å². The van der Waals surface area contributed by atoms with Crippen molar-refractivity contribution in [2.24, 2.45) is 5.73 Å². The molecule has 4 aromatic carbocycles. The first-order chi connectivity index (χ1) is 21.4. The number of carbonyl (C=O) groups is 3. The Balaban J connectivity index is 1.38. The molecule has 1 aliphatic rings. The van der Waals surface area contributed by atoms with Crippen molar-refractivity contribution in [2.75, 3.05) is 10.7 Å². The summed E-state index contributed by atoms with van der Waals surface area (Å²) < 4.78 is 28.8. The van der Waals surface area contributed by atoms with E-state index < -0.39 is 27.5 Å². The highest BCUT2D eigenvalue weighted by atomic mass is 32.2. The van der Waals surface area contributed by atoms with Crippen molar-refractivity contribution < 1.29 is 22.8 Å². The van der Waals surface area contributed by atoms with Gasteiger partial charge in [0.15, 0.2) is 0 Å². The Morgan fingerprint density at radius 1 is 0.911 bits per heavy atom. The van der Waals surface area contributed by atoms with Gasteiger partial charge in [0.1, 0.15) is 6.04 Å². The third kappa shape index (κ3) is 7.80. The van der Waals surface area contributed by atoms with Crippen molar-refractivity contribution in [3.63, 3.8) is 0 Å². The monoisotopic (exact) mass is 642 g/mol. The minimum absolute atomic E-state index is 0.0325. The molecule has 1 atom stereocenters. The number of nitrogens with zero attached hydrogens (tertiary/aromatic N) is 1. The summed E-state index contributed by atoms with van der Waals surface area (Å²) in [4.78, 5) is 41.7. The van der Waals surface area contributed by atoms with Crippen LogP contribution in [0.3, 0.4) is 0 Å². The van der Waals surface area contributed by atoms with E-state index in [1.165, 1.54) is 17.8 Å². The second-order valence-corrected chi connectivity index (χ2v) is 14.2. The molecule has 0 fully saturated rings. The summed E-state index contributed by atoms with van der Waals surface area (Å²) in [6.07, 6.45) is 0.0863. The van der Waals surface area contributed by atoms with E-state index in [2.05, 4.69) is 10.0 Å². The molecule has 11 heteroatoms. The molecule has 0 spiro atoms. The van der Waals surface area contributed by atoms with Gasteiger partial charge >= 0.3 is 0 Å². The van der Waals surface area contributed by atoms with Crippen LogP contribution in [0, 0.1) is 0 Å². The van der Waals surface area contributed by atoms with Crippen LogP contribution in [0.4, 0.5) is 5.69 Å². The Labute approximate surface area is 267 Å². The highest BCUT2D eigenvalue weighted by Crippen LogP contribution is 2.35. The van der Waals surface area contributed by atoms with Crippen molar-refractivity contribution in [1.82, 2.24) is 10.0 Å². The third-order valence-electron chi connectivity index (χ3n) is 7.12. The SMILES string of the molecule is CC(C)(N)CC(=O)N[C@@H]1CSc2ccccc2N(Cc2ccc(-c3ccccc3S(=O)(=O)NC(=O)c3ccccc3)cc2)C1=O. The standard InChI is InChI=1S/C34H34N4O5S2/c1-34(2,35)20-31(39)36-27-22-44-29-14-8-7-13-28(29)38(33(27)41)21-23-16-18-24(19-17-23)26-12-6-9-15-30(26)45(42,43)37-32(40)25-10-4-3-5-11-25/h3-19,27H,20-22,35H2,1-2H3,(H,36,39)(H,37,40)/t27-/m1/s1. The number of sulfonamides is 1. The molecule has 45 heavy (non-hydrogen) atoms. The van der Waals surface area contributed by atoms with Gasteiger partial charge in [-0.15, -0.1) is 11.8 Å². The first-order valence-electron chi connectivity index (χ1n) is 14.3. The van der Waals surface area contributed by atoms with Crippen molar-refractivity contribution >= 4 is 45.2 Å². The number of hydrogen-bond donors (Lipinski definition) is 3. The fraction of sp³-hybridized carbons (Fsp3) is 0.206. The Kier molecular flexibility index (Phi) is 9.42. The Morgan fingerprint density at radius 2 is 1.56 bits per heavy atom. The van der Waals surface area contributed by atoms with Crippen molar-refractivity contribution in [2.45, 2.75) is 48.2 Å². The maximum absolute atomic E-state index is 13.8. The molecular formula is C34H34N4O5S2. The number of para-hydroxylation sites is 1. The van der Waals surface area contributed by atoms with Crippen LogP contribution in [-0.2, 0) is 26.2 Å². The van der Waals surface area contributed by atoms with E-state index in [1.807, 2.05) is 36.4 Å². The lowest BCUT2D eigenvalue weighted by atomic mass is 10.0. The number of thioether (sulfide) groups is 1. The second-order valence-electron chi connectivity index (χ2n) is 11.5. The summed E-state index contributed by atoms with van der Waals surface area (Å²) in [6.45, 7) is 3.76. The van der Waals surface area contributed by atoms with Gasteiger partial charge in [-0.3, -0.25) is 14.4 Å². The highest BCUT2D eigenvalue weighted by molar-refractivity contribution is 7.99. The topological polar surface area (TPSA) is 139 Å². The number of nitrogens with one attached hydrogen (secondary N) is 2. The molecule has 0 aliphatic carbocycles. The number of amides is 3. The van der Waals surface area contributed by atoms with E-state index in [0.29, 0.717) is 16.9 Å². The molecule has 0 aromatic heterocycles. The number of nitrogens with two attached hydrogens (primary N) is 1. The van der Waals surface area contributed by atoms with Crippen LogP contribution in [0.5, 0.6) is 0 Å². The third-order valence-corrected chi connectivity index (χ3v) is 9.67. The first-order valence-corrected chi connectivity index (χ1v) is 16.8. The molecule has 0 saturated carbocycles. The van der Waals surface area contributed by atoms with E-state index in [0.717, 1.165) is 16.1 Å². The zero-order chi connectivity index (χ0) is 32.2. The van der Waals surface area contributed by atoms with Gasteiger partial charge in [-0.2, -0.15) is 0 Å². The van der Waals surface area contributed by atoms with Gasteiger partial charge in [0.25, 0.3) is 21.8 Å². The van der Waals surface area contributed by atoms with Gasteiger partial charge in [-0.05, 0) is 55.3 Å². The maximum atomic E-state index is 13.8. The van der Waals surface area contributed by atoms with Gasteiger partial charge < -0.3 is 16.0 Å². The molecule has 3 amide bonds.